The number of guanidine groups is 1. The molecule has 24 heavy (non-hydrogen) atoms. The van der Waals surface area contributed by atoms with Crippen molar-refractivity contribution in [2.45, 2.75) is 57.7 Å². The molecule has 8 heteroatoms. The van der Waals surface area contributed by atoms with Crippen molar-refractivity contribution in [3.8, 4) is 0 Å². The summed E-state index contributed by atoms with van der Waals surface area (Å²) < 4.78 is 36.7. The van der Waals surface area contributed by atoms with Crippen LogP contribution in [0.3, 0.4) is 0 Å². The maximum Gasteiger partial charge on any atom is 0.390 e. The standard InChI is InChI=1S/C16H29F3N4.HI/c1-2-20-15(21-9-8-16(17,18)19)22-14-7-10-23(12-14)11-13-5-3-4-6-13;/h13-14H,2-12H2,1H3,(H2,20,21,22);1H. The molecule has 1 saturated heterocycles. The summed E-state index contributed by atoms with van der Waals surface area (Å²) >= 11 is 0. The molecule has 0 aromatic heterocycles. The summed E-state index contributed by atoms with van der Waals surface area (Å²) in [6.07, 6.45) is 1.41. The number of nitrogens with zero attached hydrogens (tertiary/aromatic N) is 2. The average Bonchev–Trinajstić information content (AvgIpc) is 3.10. The Bertz CT molecular complexity index is 384. The van der Waals surface area contributed by atoms with Crippen LogP contribution in [-0.4, -0.2) is 55.8 Å². The van der Waals surface area contributed by atoms with Crippen LogP contribution in [0.1, 0.15) is 45.4 Å². The van der Waals surface area contributed by atoms with Gasteiger partial charge in [-0.1, -0.05) is 12.8 Å². The molecular weight excluding hydrogens is 432 g/mol. The van der Waals surface area contributed by atoms with E-state index >= 15 is 0 Å². The van der Waals surface area contributed by atoms with Crippen LogP contribution in [-0.2, 0) is 0 Å². The van der Waals surface area contributed by atoms with Gasteiger partial charge < -0.3 is 15.5 Å². The molecule has 1 aliphatic carbocycles. The van der Waals surface area contributed by atoms with Gasteiger partial charge >= 0.3 is 6.18 Å². The molecule has 1 heterocycles. The molecule has 0 amide bonds. The van der Waals surface area contributed by atoms with Crippen LogP contribution in [0.4, 0.5) is 13.2 Å². The second-order valence-electron chi connectivity index (χ2n) is 6.67. The number of likely N-dealkylation sites (tertiary alicyclic amines) is 1. The second kappa shape index (κ2) is 10.7. The smallest absolute Gasteiger partial charge is 0.357 e. The molecule has 2 N–H and O–H groups in total. The molecule has 1 aliphatic heterocycles. The summed E-state index contributed by atoms with van der Waals surface area (Å²) in [7, 11) is 0. The van der Waals surface area contributed by atoms with Crippen LogP contribution in [0, 0.1) is 5.92 Å². The number of nitrogens with one attached hydrogen (secondary N) is 2. The van der Waals surface area contributed by atoms with E-state index in [4.69, 9.17) is 0 Å². The van der Waals surface area contributed by atoms with E-state index in [1.165, 1.54) is 32.2 Å². The first-order valence-corrected chi connectivity index (χ1v) is 8.80. The molecule has 2 aliphatic rings. The number of hydrogen-bond donors (Lipinski definition) is 2. The summed E-state index contributed by atoms with van der Waals surface area (Å²) in [5, 5.41) is 6.32. The van der Waals surface area contributed by atoms with Crippen molar-refractivity contribution in [3.05, 3.63) is 0 Å². The van der Waals surface area contributed by atoms with Crippen LogP contribution in [0.25, 0.3) is 0 Å². The van der Waals surface area contributed by atoms with Gasteiger partial charge in [-0.25, -0.2) is 0 Å². The predicted molar refractivity (Wildman–Crippen MR) is 102 cm³/mol. The monoisotopic (exact) mass is 462 g/mol. The minimum Gasteiger partial charge on any atom is -0.357 e. The molecule has 4 nitrogen and oxygen atoms in total. The largest absolute Gasteiger partial charge is 0.390 e. The zero-order valence-electron chi connectivity index (χ0n) is 14.4. The summed E-state index contributed by atoms with van der Waals surface area (Å²) in [4.78, 5) is 6.53. The maximum atomic E-state index is 12.2. The molecule has 2 fully saturated rings. The number of hydrogen-bond acceptors (Lipinski definition) is 2. The second-order valence-corrected chi connectivity index (χ2v) is 6.67. The Hall–Kier alpha value is -0.250. The molecule has 1 unspecified atom stereocenters. The van der Waals surface area contributed by atoms with Crippen molar-refractivity contribution in [1.29, 1.82) is 0 Å². The van der Waals surface area contributed by atoms with Crippen LogP contribution >= 0.6 is 24.0 Å². The molecule has 0 radical (unpaired) electrons. The lowest BCUT2D eigenvalue weighted by molar-refractivity contribution is -0.132. The Morgan fingerprint density at radius 2 is 1.92 bits per heavy atom. The number of rotatable bonds is 6. The highest BCUT2D eigenvalue weighted by Crippen LogP contribution is 2.26. The first-order chi connectivity index (χ1) is 11.0. The molecule has 0 aromatic carbocycles. The Morgan fingerprint density at radius 3 is 2.54 bits per heavy atom. The van der Waals surface area contributed by atoms with E-state index in [9.17, 15) is 13.2 Å². The topological polar surface area (TPSA) is 39.7 Å². The van der Waals surface area contributed by atoms with Crippen molar-refractivity contribution < 1.29 is 13.2 Å². The highest BCUT2D eigenvalue weighted by molar-refractivity contribution is 14.0. The highest BCUT2D eigenvalue weighted by atomic mass is 127. The van der Waals surface area contributed by atoms with Gasteiger partial charge in [-0.15, -0.1) is 24.0 Å². The molecule has 1 atom stereocenters. The maximum absolute atomic E-state index is 12.2. The summed E-state index contributed by atoms with van der Waals surface area (Å²) in [6.45, 7) is 5.53. The first kappa shape index (κ1) is 21.8. The van der Waals surface area contributed by atoms with Crippen molar-refractivity contribution in [2.24, 2.45) is 10.9 Å². The van der Waals surface area contributed by atoms with E-state index in [1.807, 2.05) is 6.92 Å². The molecule has 0 bridgehead atoms. The van der Waals surface area contributed by atoms with E-state index in [0.717, 1.165) is 25.4 Å². The Labute approximate surface area is 160 Å². The lowest BCUT2D eigenvalue weighted by Gasteiger charge is -2.21. The van der Waals surface area contributed by atoms with E-state index < -0.39 is 12.6 Å². The van der Waals surface area contributed by atoms with Gasteiger partial charge in [0.05, 0.1) is 13.0 Å². The normalized spacial score (nSPS) is 23.3. The van der Waals surface area contributed by atoms with E-state index in [2.05, 4.69) is 20.5 Å². The molecule has 0 spiro atoms. The van der Waals surface area contributed by atoms with Crippen molar-refractivity contribution in [3.63, 3.8) is 0 Å². The van der Waals surface area contributed by atoms with Gasteiger partial charge in [0, 0.05) is 32.2 Å². The zero-order chi connectivity index (χ0) is 16.7. The number of aliphatic imine (C=N–C) groups is 1. The fourth-order valence-corrected chi connectivity index (χ4v) is 3.48. The minimum atomic E-state index is -4.15. The summed E-state index contributed by atoms with van der Waals surface area (Å²) in [5.41, 5.74) is 0. The SMILES string of the molecule is CCNC(=NCCC(F)(F)F)NC1CCN(CC2CCCC2)C1.I. The van der Waals surface area contributed by atoms with Gasteiger partial charge in [-0.3, -0.25) is 4.99 Å². The highest BCUT2D eigenvalue weighted by Gasteiger charge is 2.28. The third-order valence-electron chi connectivity index (χ3n) is 4.61. The zero-order valence-corrected chi connectivity index (χ0v) is 16.7. The van der Waals surface area contributed by atoms with Crippen LogP contribution < -0.4 is 10.6 Å². The van der Waals surface area contributed by atoms with Crippen molar-refractivity contribution >= 4 is 29.9 Å². The van der Waals surface area contributed by atoms with Crippen molar-refractivity contribution in [1.82, 2.24) is 15.5 Å². The third-order valence-corrected chi connectivity index (χ3v) is 4.61. The summed E-state index contributed by atoms with van der Waals surface area (Å²) in [6, 6.07) is 0.278. The first-order valence-electron chi connectivity index (χ1n) is 8.80. The molecule has 142 valence electrons. The number of alkyl halides is 3. The Kier molecular flexibility index (Phi) is 9.69. The van der Waals surface area contributed by atoms with Gasteiger partial charge in [0.25, 0.3) is 0 Å². The quantitative estimate of drug-likeness (QED) is 0.361. The summed E-state index contributed by atoms with van der Waals surface area (Å²) in [5.74, 6) is 1.34. The van der Waals surface area contributed by atoms with Crippen molar-refractivity contribution in [2.75, 3.05) is 32.7 Å². The Balaban J connectivity index is 0.00000288. The van der Waals surface area contributed by atoms with Crippen LogP contribution in [0.2, 0.25) is 0 Å². The predicted octanol–water partition coefficient (Wildman–Crippen LogP) is 3.38. The molecule has 0 aromatic rings. The lowest BCUT2D eigenvalue weighted by atomic mass is 10.1. The molecule has 1 saturated carbocycles. The number of halogens is 4. The van der Waals surface area contributed by atoms with Gasteiger partial charge in [0.1, 0.15) is 0 Å². The van der Waals surface area contributed by atoms with Crippen LogP contribution in [0.5, 0.6) is 0 Å². The Morgan fingerprint density at radius 1 is 1.21 bits per heavy atom. The third kappa shape index (κ3) is 8.22. The molecule has 2 rings (SSSR count). The average molecular weight is 462 g/mol. The van der Waals surface area contributed by atoms with Gasteiger partial charge in [0.15, 0.2) is 5.96 Å². The van der Waals surface area contributed by atoms with Gasteiger partial charge in [-0.2, -0.15) is 13.2 Å². The van der Waals surface area contributed by atoms with E-state index in [0.29, 0.717) is 12.5 Å². The van der Waals surface area contributed by atoms with Gasteiger partial charge in [-0.05, 0) is 32.1 Å². The van der Waals surface area contributed by atoms with Gasteiger partial charge in [0.2, 0.25) is 0 Å². The van der Waals surface area contributed by atoms with E-state index in [1.54, 1.807) is 0 Å². The van der Waals surface area contributed by atoms with E-state index in [-0.39, 0.29) is 36.6 Å². The van der Waals surface area contributed by atoms with Crippen LogP contribution in [0.15, 0.2) is 4.99 Å². The fourth-order valence-electron chi connectivity index (χ4n) is 3.48. The fraction of sp³-hybridized carbons (Fsp3) is 0.938. The minimum absolute atomic E-state index is 0. The molecular formula is C16H30F3IN4. The lowest BCUT2D eigenvalue weighted by Crippen LogP contribution is -2.45.